The van der Waals surface area contributed by atoms with Crippen LogP contribution in [0, 0.1) is 30.1 Å². The Kier molecular flexibility index (Phi) is 6.82. The second-order valence-electron chi connectivity index (χ2n) is 9.40. The van der Waals surface area contributed by atoms with Gasteiger partial charge in [0.1, 0.15) is 5.75 Å². The number of ketones is 1. The van der Waals surface area contributed by atoms with E-state index in [0.717, 1.165) is 42.7 Å². The topological polar surface area (TPSA) is 64.3 Å². The Morgan fingerprint density at radius 2 is 2.11 bits per heavy atom. The zero-order valence-corrected chi connectivity index (χ0v) is 18.1. The summed E-state index contributed by atoms with van der Waals surface area (Å²) in [6.45, 7) is 8.46. The fraction of sp³-hybridized carbons (Fsp3) is 0.708. The molecule has 2 fully saturated rings. The van der Waals surface area contributed by atoms with E-state index in [9.17, 15) is 4.79 Å². The van der Waals surface area contributed by atoms with Crippen LogP contribution in [-0.2, 0) is 0 Å². The van der Waals surface area contributed by atoms with E-state index in [1.165, 1.54) is 19.3 Å². The Morgan fingerprint density at radius 3 is 2.82 bits per heavy atom. The van der Waals surface area contributed by atoms with E-state index in [4.69, 9.17) is 10.5 Å². The lowest BCUT2D eigenvalue weighted by molar-refractivity contribution is -0.0310. The van der Waals surface area contributed by atoms with Crippen LogP contribution in [0.2, 0.25) is 0 Å². The minimum absolute atomic E-state index is 0.0656. The lowest BCUT2D eigenvalue weighted by Crippen LogP contribution is -2.54. The number of rotatable bonds is 7. The van der Waals surface area contributed by atoms with Gasteiger partial charge in [-0.15, -0.1) is 0 Å². The molecule has 0 aromatic heterocycles. The Labute approximate surface area is 170 Å². The summed E-state index contributed by atoms with van der Waals surface area (Å²) < 4.78 is 5.43. The predicted molar refractivity (Wildman–Crippen MR) is 115 cm³/mol. The van der Waals surface area contributed by atoms with Crippen molar-refractivity contribution in [1.29, 1.82) is 0 Å². The van der Waals surface area contributed by atoms with Gasteiger partial charge in [0, 0.05) is 17.5 Å². The molecule has 4 heteroatoms. The first kappa shape index (κ1) is 21.3. The van der Waals surface area contributed by atoms with Crippen molar-refractivity contribution in [3.05, 3.63) is 29.3 Å². The van der Waals surface area contributed by atoms with Gasteiger partial charge in [-0.05, 0) is 86.7 Å². The van der Waals surface area contributed by atoms with Crippen molar-refractivity contribution < 1.29 is 9.53 Å². The standard InChI is InChI=1S/C24H38N2O2/c1-16-11-18(13-20(12-16)28-4)23(27)22-15-19(26-10-6-9-25)14-21-17(2)7-5-8-24(21,22)3/h11-13,17,19,21-22,26H,5-10,14-15,25H2,1-4H3. The van der Waals surface area contributed by atoms with Crippen LogP contribution >= 0.6 is 0 Å². The largest absolute Gasteiger partial charge is 0.497 e. The zero-order chi connectivity index (χ0) is 20.3. The van der Waals surface area contributed by atoms with Crippen LogP contribution in [-0.4, -0.2) is 32.0 Å². The molecule has 0 aliphatic heterocycles. The summed E-state index contributed by atoms with van der Waals surface area (Å²) in [6, 6.07) is 6.35. The maximum Gasteiger partial charge on any atom is 0.166 e. The van der Waals surface area contributed by atoms with E-state index >= 15 is 0 Å². The highest BCUT2D eigenvalue weighted by molar-refractivity contribution is 5.99. The van der Waals surface area contributed by atoms with Crippen molar-refractivity contribution in [3.8, 4) is 5.75 Å². The molecule has 0 spiro atoms. The third-order valence-electron chi connectivity index (χ3n) is 7.47. The molecule has 5 unspecified atom stereocenters. The van der Waals surface area contributed by atoms with Gasteiger partial charge >= 0.3 is 0 Å². The van der Waals surface area contributed by atoms with E-state index in [0.29, 0.717) is 30.2 Å². The molecule has 3 rings (SSSR count). The first-order valence-corrected chi connectivity index (χ1v) is 11.0. The van der Waals surface area contributed by atoms with Crippen molar-refractivity contribution in [2.75, 3.05) is 20.2 Å². The lowest BCUT2D eigenvalue weighted by Gasteiger charge is -2.54. The van der Waals surface area contributed by atoms with E-state index < -0.39 is 0 Å². The maximum absolute atomic E-state index is 13.8. The van der Waals surface area contributed by atoms with Gasteiger partial charge in [-0.2, -0.15) is 0 Å². The molecule has 28 heavy (non-hydrogen) atoms. The Bertz CT molecular complexity index is 689. The van der Waals surface area contributed by atoms with Gasteiger partial charge in [0.05, 0.1) is 7.11 Å². The van der Waals surface area contributed by atoms with Crippen molar-refractivity contribution >= 4 is 5.78 Å². The second-order valence-corrected chi connectivity index (χ2v) is 9.40. The Balaban J connectivity index is 1.90. The predicted octanol–water partition coefficient (Wildman–Crippen LogP) is 4.35. The number of fused-ring (bicyclic) bond motifs is 1. The number of nitrogens with two attached hydrogens (primary N) is 1. The quantitative estimate of drug-likeness (QED) is 0.540. The summed E-state index contributed by atoms with van der Waals surface area (Å²) >= 11 is 0. The molecule has 3 N–H and O–H groups in total. The van der Waals surface area contributed by atoms with E-state index in [1.807, 2.05) is 25.1 Å². The summed E-state index contributed by atoms with van der Waals surface area (Å²) in [7, 11) is 1.67. The third-order valence-corrected chi connectivity index (χ3v) is 7.47. The molecule has 5 atom stereocenters. The molecule has 1 aromatic rings. The first-order chi connectivity index (χ1) is 13.4. The number of Topliss-reactive ketones (excluding diaryl/α,β-unsaturated/α-hetero) is 1. The highest BCUT2D eigenvalue weighted by Gasteiger charge is 2.52. The molecule has 4 nitrogen and oxygen atoms in total. The SMILES string of the molecule is COc1cc(C)cc(C(=O)C2CC(NCCCN)CC3C(C)CCCC23C)c1. The van der Waals surface area contributed by atoms with E-state index in [1.54, 1.807) is 7.11 Å². The highest BCUT2D eigenvalue weighted by Crippen LogP contribution is 2.56. The van der Waals surface area contributed by atoms with Crippen molar-refractivity contribution in [3.63, 3.8) is 0 Å². The second kappa shape index (κ2) is 8.96. The fourth-order valence-corrected chi connectivity index (χ4v) is 5.92. The van der Waals surface area contributed by atoms with Crippen molar-refractivity contribution in [2.45, 2.75) is 65.3 Å². The number of nitrogens with one attached hydrogen (secondary N) is 1. The molecule has 2 aliphatic carbocycles. The molecule has 1 aromatic carbocycles. The molecule has 0 heterocycles. The van der Waals surface area contributed by atoms with Gasteiger partial charge in [0.2, 0.25) is 0 Å². The van der Waals surface area contributed by atoms with Gasteiger partial charge in [-0.1, -0.05) is 26.7 Å². The Morgan fingerprint density at radius 1 is 1.32 bits per heavy atom. The number of ether oxygens (including phenoxy) is 1. The van der Waals surface area contributed by atoms with Crippen LogP contribution in [0.15, 0.2) is 18.2 Å². The minimum atomic E-state index is 0.0656. The monoisotopic (exact) mass is 386 g/mol. The molecule has 2 saturated carbocycles. The number of aryl methyl sites for hydroxylation is 1. The number of methoxy groups -OCH3 is 1. The summed E-state index contributed by atoms with van der Waals surface area (Å²) in [4.78, 5) is 13.8. The van der Waals surface area contributed by atoms with Crippen LogP contribution in [0.25, 0.3) is 0 Å². The summed E-state index contributed by atoms with van der Waals surface area (Å²) in [5, 5.41) is 3.71. The lowest BCUT2D eigenvalue weighted by atomic mass is 9.51. The van der Waals surface area contributed by atoms with Crippen LogP contribution in [0.1, 0.15) is 68.3 Å². The average Bonchev–Trinajstić information content (AvgIpc) is 2.67. The molecule has 0 saturated heterocycles. The summed E-state index contributed by atoms with van der Waals surface area (Å²) in [5.41, 5.74) is 7.66. The minimum Gasteiger partial charge on any atom is -0.497 e. The first-order valence-electron chi connectivity index (χ1n) is 11.0. The summed E-state index contributed by atoms with van der Waals surface area (Å²) in [6.07, 6.45) is 6.79. The number of hydrogen-bond acceptors (Lipinski definition) is 4. The smallest absolute Gasteiger partial charge is 0.166 e. The number of hydrogen-bond donors (Lipinski definition) is 2. The van der Waals surface area contributed by atoms with Crippen LogP contribution in [0.3, 0.4) is 0 Å². The molecule has 156 valence electrons. The number of benzene rings is 1. The summed E-state index contributed by atoms with van der Waals surface area (Å²) in [5.74, 6) is 2.42. The van der Waals surface area contributed by atoms with Gasteiger partial charge in [0.15, 0.2) is 5.78 Å². The molecule has 0 radical (unpaired) electrons. The van der Waals surface area contributed by atoms with Gasteiger partial charge < -0.3 is 15.8 Å². The molecule has 2 aliphatic rings. The van der Waals surface area contributed by atoms with E-state index in [-0.39, 0.29) is 11.3 Å². The normalized spacial score (nSPS) is 32.6. The van der Waals surface area contributed by atoms with Crippen molar-refractivity contribution in [1.82, 2.24) is 5.32 Å². The third kappa shape index (κ3) is 4.28. The van der Waals surface area contributed by atoms with Crippen LogP contribution < -0.4 is 15.8 Å². The highest BCUT2D eigenvalue weighted by atomic mass is 16.5. The number of carbonyl (C=O) groups excluding carboxylic acids is 1. The molecule has 0 amide bonds. The fourth-order valence-electron chi connectivity index (χ4n) is 5.92. The molecular formula is C24H38N2O2. The maximum atomic E-state index is 13.8. The van der Waals surface area contributed by atoms with Crippen LogP contribution in [0.5, 0.6) is 5.75 Å². The number of carbonyl (C=O) groups is 1. The van der Waals surface area contributed by atoms with Gasteiger partial charge in [-0.25, -0.2) is 0 Å². The van der Waals surface area contributed by atoms with Crippen LogP contribution in [0.4, 0.5) is 0 Å². The molecular weight excluding hydrogens is 348 g/mol. The van der Waals surface area contributed by atoms with Gasteiger partial charge in [0.25, 0.3) is 0 Å². The van der Waals surface area contributed by atoms with Gasteiger partial charge in [-0.3, -0.25) is 4.79 Å². The zero-order valence-electron chi connectivity index (χ0n) is 18.1. The van der Waals surface area contributed by atoms with Crippen molar-refractivity contribution in [2.24, 2.45) is 28.9 Å². The molecule has 0 bridgehead atoms. The Hall–Kier alpha value is -1.39. The van der Waals surface area contributed by atoms with E-state index in [2.05, 4.69) is 19.2 Å². The average molecular weight is 387 g/mol.